The maximum atomic E-state index is 15.5. The van der Waals surface area contributed by atoms with Crippen molar-refractivity contribution in [2.45, 2.75) is 17.5 Å². The molecular formula is C26H20F3N5O4S. The molecule has 0 bridgehead atoms. The summed E-state index contributed by atoms with van der Waals surface area (Å²) >= 11 is 0. The monoisotopic (exact) mass is 555 g/mol. The minimum absolute atomic E-state index is 0.137. The summed E-state index contributed by atoms with van der Waals surface area (Å²) < 4.78 is 77.2. The molecule has 2 aromatic heterocycles. The number of hydrogen-bond acceptors (Lipinski definition) is 7. The van der Waals surface area contributed by atoms with E-state index in [1.54, 1.807) is 24.3 Å². The van der Waals surface area contributed by atoms with Gasteiger partial charge in [0.15, 0.2) is 11.6 Å². The summed E-state index contributed by atoms with van der Waals surface area (Å²) in [5, 5.41) is 3.21. The van der Waals surface area contributed by atoms with E-state index in [1.807, 2.05) is 4.72 Å². The first-order valence-corrected chi connectivity index (χ1v) is 13.0. The molecule has 4 aromatic rings. The SMILES string of the molecule is COc1cccc(Nc2ncnc3[nH]cc(C(=O)C4=C(F)C(NS(=O)(=O)c5ccccc5F)=CCC4F)c23)c1. The van der Waals surface area contributed by atoms with Crippen LogP contribution in [0.2, 0.25) is 0 Å². The summed E-state index contributed by atoms with van der Waals surface area (Å²) in [4.78, 5) is 23.8. The van der Waals surface area contributed by atoms with Crippen molar-refractivity contribution < 1.29 is 31.1 Å². The molecule has 0 aliphatic heterocycles. The van der Waals surface area contributed by atoms with Gasteiger partial charge in [-0.1, -0.05) is 24.3 Å². The number of aromatic nitrogens is 3. The van der Waals surface area contributed by atoms with Crippen LogP contribution in [-0.4, -0.2) is 42.4 Å². The Morgan fingerprint density at radius 2 is 1.92 bits per heavy atom. The Labute approximate surface area is 220 Å². The fraction of sp³-hybridized carbons (Fsp3) is 0.115. The molecule has 0 radical (unpaired) electrons. The Morgan fingerprint density at radius 3 is 2.69 bits per heavy atom. The van der Waals surface area contributed by atoms with Gasteiger partial charge in [0.1, 0.15) is 40.4 Å². The highest BCUT2D eigenvalue weighted by Crippen LogP contribution is 2.35. The topological polar surface area (TPSA) is 126 Å². The van der Waals surface area contributed by atoms with E-state index in [2.05, 4.69) is 20.3 Å². The van der Waals surface area contributed by atoms with Gasteiger partial charge in [-0.2, -0.15) is 0 Å². The highest BCUT2D eigenvalue weighted by atomic mass is 32.2. The number of carbonyl (C=O) groups is 1. The van der Waals surface area contributed by atoms with E-state index in [9.17, 15) is 22.0 Å². The van der Waals surface area contributed by atoms with Crippen molar-refractivity contribution in [3.63, 3.8) is 0 Å². The van der Waals surface area contributed by atoms with Gasteiger partial charge < -0.3 is 15.0 Å². The van der Waals surface area contributed by atoms with Crippen molar-refractivity contribution in [1.29, 1.82) is 0 Å². The number of sulfonamides is 1. The van der Waals surface area contributed by atoms with Crippen LogP contribution in [0.4, 0.5) is 24.7 Å². The number of allylic oxidation sites excluding steroid dienone is 3. The van der Waals surface area contributed by atoms with Crippen molar-refractivity contribution in [2.75, 3.05) is 12.4 Å². The van der Waals surface area contributed by atoms with Crippen LogP contribution in [0.15, 0.2) is 89.1 Å². The number of anilines is 2. The number of H-pyrrole nitrogens is 1. The quantitative estimate of drug-likeness (QED) is 0.265. The fourth-order valence-corrected chi connectivity index (χ4v) is 5.28. The second-order valence-electron chi connectivity index (χ2n) is 8.42. The summed E-state index contributed by atoms with van der Waals surface area (Å²) in [6, 6.07) is 11.4. The van der Waals surface area contributed by atoms with Crippen LogP contribution in [0.3, 0.4) is 0 Å². The van der Waals surface area contributed by atoms with Gasteiger partial charge in [0.2, 0.25) is 0 Å². The van der Waals surface area contributed by atoms with Gasteiger partial charge in [-0.15, -0.1) is 0 Å². The third kappa shape index (κ3) is 4.95. The fourth-order valence-electron chi connectivity index (χ4n) is 4.12. The normalized spacial score (nSPS) is 15.7. The molecule has 13 heteroatoms. The van der Waals surface area contributed by atoms with E-state index in [4.69, 9.17) is 4.74 Å². The number of fused-ring (bicyclic) bond motifs is 1. The molecule has 0 spiro atoms. The number of nitrogens with one attached hydrogen (secondary N) is 3. The number of ether oxygens (including phenoxy) is 1. The summed E-state index contributed by atoms with van der Waals surface area (Å²) in [7, 11) is -3.07. The zero-order valence-electron chi connectivity index (χ0n) is 20.2. The van der Waals surface area contributed by atoms with Crippen LogP contribution in [0, 0.1) is 5.82 Å². The van der Waals surface area contributed by atoms with E-state index in [0.717, 1.165) is 18.2 Å². The Balaban J connectivity index is 1.52. The Morgan fingerprint density at radius 1 is 1.13 bits per heavy atom. The van der Waals surface area contributed by atoms with E-state index in [0.29, 0.717) is 11.4 Å². The Bertz CT molecular complexity index is 1770. The lowest BCUT2D eigenvalue weighted by Crippen LogP contribution is -2.29. The molecule has 5 rings (SSSR count). The lowest BCUT2D eigenvalue weighted by Gasteiger charge is -2.20. The van der Waals surface area contributed by atoms with Gasteiger partial charge in [-0.05, 0) is 24.3 Å². The number of ketones is 1. The number of halogens is 3. The van der Waals surface area contributed by atoms with E-state index in [-0.39, 0.29) is 22.4 Å². The van der Waals surface area contributed by atoms with Crippen molar-refractivity contribution in [3.8, 4) is 5.75 Å². The molecule has 2 heterocycles. The summed E-state index contributed by atoms with van der Waals surface area (Å²) in [6.07, 6.45) is 0.892. The van der Waals surface area contributed by atoms with Gasteiger partial charge in [0, 0.05) is 24.4 Å². The Hall–Kier alpha value is -4.65. The van der Waals surface area contributed by atoms with E-state index < -0.39 is 56.2 Å². The predicted molar refractivity (Wildman–Crippen MR) is 137 cm³/mol. The number of rotatable bonds is 8. The standard InChI is InChI=1S/C26H20F3N5O4S/c1-38-15-6-4-5-14(11-15)33-26-21-16(12-30-25(21)31-13-32-26)24(35)22-18(28)9-10-19(23(22)29)34-39(36,37)20-8-3-2-7-17(20)27/h2-8,10-13,18,34H,9H2,1H3,(H2,30,31,32,33). The zero-order valence-corrected chi connectivity index (χ0v) is 21.0. The molecule has 39 heavy (non-hydrogen) atoms. The van der Waals surface area contributed by atoms with Crippen LogP contribution in [-0.2, 0) is 10.0 Å². The average molecular weight is 556 g/mol. The molecule has 2 aromatic carbocycles. The van der Waals surface area contributed by atoms with Crippen molar-refractivity contribution >= 4 is 38.3 Å². The molecule has 0 saturated carbocycles. The molecule has 200 valence electrons. The zero-order chi connectivity index (χ0) is 27.7. The summed E-state index contributed by atoms with van der Waals surface area (Å²) in [5.41, 5.74) is -0.903. The number of aromatic amines is 1. The van der Waals surface area contributed by atoms with Crippen molar-refractivity contribution in [3.05, 3.63) is 95.6 Å². The van der Waals surface area contributed by atoms with Gasteiger partial charge in [-0.25, -0.2) is 31.6 Å². The van der Waals surface area contributed by atoms with Crippen LogP contribution >= 0.6 is 0 Å². The summed E-state index contributed by atoms with van der Waals surface area (Å²) in [6.45, 7) is 0. The van der Waals surface area contributed by atoms with Gasteiger partial charge in [0.05, 0.1) is 29.3 Å². The minimum atomic E-state index is -4.57. The second kappa shape index (κ2) is 10.3. The Kier molecular flexibility index (Phi) is 6.83. The molecule has 0 saturated heterocycles. The maximum Gasteiger partial charge on any atom is 0.264 e. The number of alkyl halides is 1. The first kappa shape index (κ1) is 26.0. The number of carbonyl (C=O) groups excluding carboxylic acids is 1. The molecule has 1 aliphatic carbocycles. The minimum Gasteiger partial charge on any atom is -0.497 e. The van der Waals surface area contributed by atoms with Crippen LogP contribution < -0.4 is 14.8 Å². The predicted octanol–water partition coefficient (Wildman–Crippen LogP) is 4.86. The second-order valence-corrected chi connectivity index (χ2v) is 10.1. The van der Waals surface area contributed by atoms with Crippen LogP contribution in [0.1, 0.15) is 16.8 Å². The summed E-state index contributed by atoms with van der Waals surface area (Å²) in [5.74, 6) is -2.76. The smallest absolute Gasteiger partial charge is 0.264 e. The molecule has 0 amide bonds. The number of Topliss-reactive ketones (excluding diaryl/α,β-unsaturated/α-hetero) is 1. The number of methoxy groups -OCH3 is 1. The first-order valence-electron chi connectivity index (χ1n) is 11.5. The lowest BCUT2D eigenvalue weighted by atomic mass is 9.93. The molecule has 1 atom stereocenters. The number of benzene rings is 2. The number of hydrogen-bond donors (Lipinski definition) is 3. The van der Waals surface area contributed by atoms with Gasteiger partial charge in [-0.3, -0.25) is 9.52 Å². The highest BCUT2D eigenvalue weighted by molar-refractivity contribution is 7.89. The van der Waals surface area contributed by atoms with Gasteiger partial charge in [0.25, 0.3) is 10.0 Å². The maximum absolute atomic E-state index is 15.5. The van der Waals surface area contributed by atoms with Crippen LogP contribution in [0.5, 0.6) is 5.75 Å². The number of nitrogens with zero attached hydrogens (tertiary/aromatic N) is 2. The highest BCUT2D eigenvalue weighted by Gasteiger charge is 2.34. The molecule has 1 unspecified atom stereocenters. The van der Waals surface area contributed by atoms with Gasteiger partial charge >= 0.3 is 0 Å². The van der Waals surface area contributed by atoms with E-state index >= 15 is 4.39 Å². The molecule has 9 nitrogen and oxygen atoms in total. The largest absolute Gasteiger partial charge is 0.497 e. The average Bonchev–Trinajstić information content (AvgIpc) is 3.36. The molecule has 0 fully saturated rings. The van der Waals surface area contributed by atoms with Crippen molar-refractivity contribution in [2.24, 2.45) is 0 Å². The lowest BCUT2D eigenvalue weighted by molar-refractivity contribution is 0.101. The molecular weight excluding hydrogens is 535 g/mol. The molecule has 3 N–H and O–H groups in total. The third-order valence-corrected chi connectivity index (χ3v) is 7.38. The molecule has 1 aliphatic rings. The van der Waals surface area contributed by atoms with Crippen molar-refractivity contribution in [1.82, 2.24) is 19.7 Å². The van der Waals surface area contributed by atoms with E-state index in [1.165, 1.54) is 31.8 Å². The first-order chi connectivity index (χ1) is 18.7. The third-order valence-electron chi connectivity index (χ3n) is 5.98. The van der Waals surface area contributed by atoms with Crippen LogP contribution in [0.25, 0.3) is 11.0 Å².